The fourth-order valence-corrected chi connectivity index (χ4v) is 1.84. The second-order valence-corrected chi connectivity index (χ2v) is 3.67. The average molecular weight is 187 g/mol. The van der Waals surface area contributed by atoms with Gasteiger partial charge in [0, 0.05) is 14.1 Å². The molecule has 3 heteroatoms. The first kappa shape index (κ1) is 8.89. The molecular formula is C11H13N3. The first-order chi connectivity index (χ1) is 6.65. The lowest BCUT2D eigenvalue weighted by atomic mass is 10.2. The van der Waals surface area contributed by atoms with Gasteiger partial charge in [0.15, 0.2) is 0 Å². The van der Waals surface area contributed by atoms with E-state index in [-0.39, 0.29) is 0 Å². The second-order valence-electron chi connectivity index (χ2n) is 3.67. The minimum absolute atomic E-state index is 0.360. The minimum Gasteiger partial charge on any atom is -0.353 e. The van der Waals surface area contributed by atoms with Crippen molar-refractivity contribution in [1.29, 1.82) is 5.26 Å². The average Bonchev–Trinajstić information content (AvgIpc) is 2.44. The van der Waals surface area contributed by atoms with E-state index in [1.165, 1.54) is 5.69 Å². The number of hydrogen-bond acceptors (Lipinski definition) is 3. The second kappa shape index (κ2) is 2.91. The van der Waals surface area contributed by atoms with Gasteiger partial charge in [-0.3, -0.25) is 0 Å². The van der Waals surface area contributed by atoms with Crippen LogP contribution in [0, 0.1) is 11.3 Å². The van der Waals surface area contributed by atoms with Crippen LogP contribution >= 0.6 is 0 Å². The van der Waals surface area contributed by atoms with E-state index in [1.54, 1.807) is 0 Å². The molecule has 0 fully saturated rings. The molecule has 1 unspecified atom stereocenters. The molecule has 14 heavy (non-hydrogen) atoms. The molecule has 0 bridgehead atoms. The Balaban J connectivity index is 2.54. The van der Waals surface area contributed by atoms with E-state index < -0.39 is 0 Å². The zero-order chi connectivity index (χ0) is 10.3. The van der Waals surface area contributed by atoms with Crippen LogP contribution in [0.15, 0.2) is 18.2 Å². The first-order valence-corrected chi connectivity index (χ1v) is 4.65. The summed E-state index contributed by atoms with van der Waals surface area (Å²) < 4.78 is 0. The Hall–Kier alpha value is -1.69. The highest BCUT2D eigenvalue weighted by atomic mass is 15.4. The van der Waals surface area contributed by atoms with Crippen molar-refractivity contribution in [2.45, 2.75) is 13.1 Å². The summed E-state index contributed by atoms with van der Waals surface area (Å²) in [6.45, 7) is 2.14. The monoisotopic (exact) mass is 187 g/mol. The molecule has 1 aliphatic rings. The molecule has 1 aromatic rings. The van der Waals surface area contributed by atoms with Crippen LogP contribution in [0.5, 0.6) is 0 Å². The Kier molecular flexibility index (Phi) is 1.85. The summed E-state index contributed by atoms with van der Waals surface area (Å²) in [5.74, 6) is 0. The van der Waals surface area contributed by atoms with E-state index in [4.69, 9.17) is 5.26 Å². The molecule has 0 aromatic heterocycles. The molecule has 0 saturated heterocycles. The Bertz CT molecular complexity index is 405. The van der Waals surface area contributed by atoms with Crippen LogP contribution in [-0.4, -0.2) is 20.3 Å². The standard InChI is InChI=1S/C11H13N3/c1-8-13(2)10-5-4-9(7-12)6-11(10)14(8)3/h4-6,8H,1-3H3. The molecule has 0 aliphatic carbocycles. The number of fused-ring (bicyclic) bond motifs is 1. The predicted octanol–water partition coefficient (Wildman–Crippen LogP) is 1.79. The van der Waals surface area contributed by atoms with Gasteiger partial charge >= 0.3 is 0 Å². The third kappa shape index (κ3) is 1.04. The molecule has 0 radical (unpaired) electrons. The van der Waals surface area contributed by atoms with Gasteiger partial charge in [-0.25, -0.2) is 0 Å². The Morgan fingerprint density at radius 2 is 1.86 bits per heavy atom. The van der Waals surface area contributed by atoms with E-state index in [1.807, 2.05) is 25.2 Å². The van der Waals surface area contributed by atoms with E-state index in [0.717, 1.165) is 11.3 Å². The summed E-state index contributed by atoms with van der Waals surface area (Å²) in [5.41, 5.74) is 3.05. The fraction of sp³-hybridized carbons (Fsp3) is 0.364. The smallest absolute Gasteiger partial charge is 0.0992 e. The lowest BCUT2D eigenvalue weighted by Crippen LogP contribution is -2.35. The highest BCUT2D eigenvalue weighted by Crippen LogP contribution is 2.37. The largest absolute Gasteiger partial charge is 0.353 e. The maximum atomic E-state index is 8.80. The molecule has 0 saturated carbocycles. The Morgan fingerprint density at radius 1 is 1.21 bits per heavy atom. The molecule has 1 aromatic carbocycles. The van der Waals surface area contributed by atoms with Crippen LogP contribution < -0.4 is 9.80 Å². The van der Waals surface area contributed by atoms with E-state index in [9.17, 15) is 0 Å². The lowest BCUT2D eigenvalue weighted by molar-refractivity contribution is 0.710. The lowest BCUT2D eigenvalue weighted by Gasteiger charge is -2.23. The summed E-state index contributed by atoms with van der Waals surface area (Å²) in [6, 6.07) is 7.97. The van der Waals surface area contributed by atoms with Gasteiger partial charge in [-0.15, -0.1) is 0 Å². The normalized spacial score (nSPS) is 19.4. The van der Waals surface area contributed by atoms with Crippen LogP contribution in [0.1, 0.15) is 12.5 Å². The van der Waals surface area contributed by atoms with Crippen molar-refractivity contribution in [1.82, 2.24) is 0 Å². The molecule has 3 nitrogen and oxygen atoms in total. The summed E-state index contributed by atoms with van der Waals surface area (Å²) in [4.78, 5) is 4.38. The van der Waals surface area contributed by atoms with Crippen molar-refractivity contribution in [3.05, 3.63) is 23.8 Å². The van der Waals surface area contributed by atoms with Crippen molar-refractivity contribution in [2.75, 3.05) is 23.9 Å². The molecule has 2 rings (SSSR count). The zero-order valence-corrected chi connectivity index (χ0v) is 8.65. The number of rotatable bonds is 0. The molecule has 0 amide bonds. The number of nitrogens with zero attached hydrogens (tertiary/aromatic N) is 3. The van der Waals surface area contributed by atoms with Gasteiger partial charge in [0.25, 0.3) is 0 Å². The zero-order valence-electron chi connectivity index (χ0n) is 8.65. The SMILES string of the molecule is CC1N(C)c2ccc(C#N)cc2N1C. The summed E-state index contributed by atoms with van der Waals surface area (Å²) in [5, 5.41) is 8.80. The van der Waals surface area contributed by atoms with Crippen LogP contribution in [0.4, 0.5) is 11.4 Å². The van der Waals surface area contributed by atoms with Crippen molar-refractivity contribution in [2.24, 2.45) is 0 Å². The van der Waals surface area contributed by atoms with Gasteiger partial charge in [0.2, 0.25) is 0 Å². The number of benzene rings is 1. The van der Waals surface area contributed by atoms with Gasteiger partial charge in [-0.05, 0) is 25.1 Å². The molecule has 1 atom stereocenters. The third-order valence-corrected chi connectivity index (χ3v) is 2.99. The number of nitriles is 1. The van der Waals surface area contributed by atoms with Gasteiger partial charge in [0.1, 0.15) is 0 Å². The maximum absolute atomic E-state index is 8.80. The molecule has 1 heterocycles. The van der Waals surface area contributed by atoms with Crippen molar-refractivity contribution in [3.63, 3.8) is 0 Å². The molecule has 72 valence electrons. The summed E-state index contributed by atoms with van der Waals surface area (Å²) in [6.07, 6.45) is 0.360. The fourth-order valence-electron chi connectivity index (χ4n) is 1.84. The highest BCUT2D eigenvalue weighted by molar-refractivity contribution is 5.78. The van der Waals surface area contributed by atoms with Crippen LogP contribution in [-0.2, 0) is 0 Å². The molecule has 0 N–H and O–H groups in total. The van der Waals surface area contributed by atoms with E-state index in [0.29, 0.717) is 6.17 Å². The Morgan fingerprint density at radius 3 is 2.50 bits per heavy atom. The Labute approximate surface area is 84.2 Å². The van der Waals surface area contributed by atoms with Gasteiger partial charge < -0.3 is 9.80 Å². The van der Waals surface area contributed by atoms with Crippen molar-refractivity contribution in [3.8, 4) is 6.07 Å². The van der Waals surface area contributed by atoms with Crippen molar-refractivity contribution >= 4 is 11.4 Å². The van der Waals surface area contributed by atoms with E-state index >= 15 is 0 Å². The summed E-state index contributed by atoms with van der Waals surface area (Å²) in [7, 11) is 4.12. The molecule has 1 aliphatic heterocycles. The summed E-state index contributed by atoms with van der Waals surface area (Å²) >= 11 is 0. The molecule has 0 spiro atoms. The van der Waals surface area contributed by atoms with Crippen LogP contribution in [0.25, 0.3) is 0 Å². The molecular weight excluding hydrogens is 174 g/mol. The van der Waals surface area contributed by atoms with Crippen LogP contribution in [0.2, 0.25) is 0 Å². The van der Waals surface area contributed by atoms with E-state index in [2.05, 4.69) is 29.8 Å². The van der Waals surface area contributed by atoms with Gasteiger partial charge in [-0.2, -0.15) is 5.26 Å². The maximum Gasteiger partial charge on any atom is 0.0992 e. The highest BCUT2D eigenvalue weighted by Gasteiger charge is 2.27. The minimum atomic E-state index is 0.360. The van der Waals surface area contributed by atoms with Crippen LogP contribution in [0.3, 0.4) is 0 Å². The topological polar surface area (TPSA) is 30.3 Å². The van der Waals surface area contributed by atoms with Gasteiger partial charge in [-0.1, -0.05) is 0 Å². The van der Waals surface area contributed by atoms with Gasteiger partial charge in [0.05, 0.1) is 29.2 Å². The number of anilines is 2. The quantitative estimate of drug-likeness (QED) is 0.620. The third-order valence-electron chi connectivity index (χ3n) is 2.99. The predicted molar refractivity (Wildman–Crippen MR) is 57.4 cm³/mol. The number of hydrogen-bond donors (Lipinski definition) is 0. The first-order valence-electron chi connectivity index (χ1n) is 4.65. The van der Waals surface area contributed by atoms with Crippen molar-refractivity contribution < 1.29 is 0 Å².